The Bertz CT molecular complexity index is 170. The molecule has 1 fully saturated rings. The number of hydrogen-bond donors (Lipinski definition) is 3. The molecule has 96 valence electrons. The number of rotatable bonds is 7. The maximum atomic E-state index is 9.05. The molecule has 4 nitrogen and oxygen atoms in total. The molecule has 1 saturated heterocycles. The van der Waals surface area contributed by atoms with Gasteiger partial charge in [0.15, 0.2) is 0 Å². The lowest BCUT2D eigenvalue weighted by Gasteiger charge is -2.29. The second-order valence-electron chi connectivity index (χ2n) is 4.88. The average Bonchev–Trinajstić information content (AvgIpc) is 2.30. The molecule has 1 heterocycles. The van der Waals surface area contributed by atoms with Crippen LogP contribution < -0.4 is 5.32 Å². The van der Waals surface area contributed by atoms with Gasteiger partial charge in [0.25, 0.3) is 0 Å². The fourth-order valence-electron chi connectivity index (χ4n) is 2.26. The lowest BCUT2D eigenvalue weighted by molar-refractivity contribution is 0.188. The molecule has 0 amide bonds. The van der Waals surface area contributed by atoms with Crippen molar-refractivity contribution in [3.8, 4) is 0 Å². The highest BCUT2D eigenvalue weighted by atomic mass is 16.3. The SMILES string of the molecule is CN1CCC(CCNC(CO)CCO)CC1. The quantitative estimate of drug-likeness (QED) is 0.578. The van der Waals surface area contributed by atoms with Gasteiger partial charge in [-0.1, -0.05) is 0 Å². The van der Waals surface area contributed by atoms with E-state index in [0.29, 0.717) is 6.42 Å². The third-order valence-electron chi connectivity index (χ3n) is 3.52. The fraction of sp³-hybridized carbons (Fsp3) is 1.00. The molecule has 0 saturated carbocycles. The van der Waals surface area contributed by atoms with Crippen molar-refractivity contribution in [3.63, 3.8) is 0 Å². The topological polar surface area (TPSA) is 55.7 Å². The fourth-order valence-corrected chi connectivity index (χ4v) is 2.26. The summed E-state index contributed by atoms with van der Waals surface area (Å²) < 4.78 is 0. The number of piperidine rings is 1. The monoisotopic (exact) mass is 230 g/mol. The number of hydrogen-bond acceptors (Lipinski definition) is 4. The Hall–Kier alpha value is -0.160. The molecular weight excluding hydrogens is 204 g/mol. The van der Waals surface area contributed by atoms with Gasteiger partial charge in [-0.2, -0.15) is 0 Å². The van der Waals surface area contributed by atoms with Crippen LogP contribution >= 0.6 is 0 Å². The van der Waals surface area contributed by atoms with Crippen LogP contribution in [0.2, 0.25) is 0 Å². The summed E-state index contributed by atoms with van der Waals surface area (Å²) in [4.78, 5) is 2.38. The molecule has 1 atom stereocenters. The van der Waals surface area contributed by atoms with E-state index in [1.807, 2.05) is 0 Å². The Balaban J connectivity index is 2.05. The highest BCUT2D eigenvalue weighted by Gasteiger charge is 2.16. The van der Waals surface area contributed by atoms with E-state index < -0.39 is 0 Å². The Morgan fingerprint density at radius 1 is 1.31 bits per heavy atom. The summed E-state index contributed by atoms with van der Waals surface area (Å²) in [6, 6.07) is 0.0660. The van der Waals surface area contributed by atoms with Crippen LogP contribution in [0.1, 0.15) is 25.7 Å². The van der Waals surface area contributed by atoms with Crippen molar-refractivity contribution in [3.05, 3.63) is 0 Å². The first-order chi connectivity index (χ1) is 7.76. The molecule has 0 aromatic rings. The standard InChI is InChI=1S/C12H26N2O2/c1-14-7-3-11(4-8-14)2-6-13-12(10-16)5-9-15/h11-13,15-16H,2-10H2,1H3. The van der Waals surface area contributed by atoms with Gasteiger partial charge in [0.05, 0.1) is 6.61 Å². The van der Waals surface area contributed by atoms with Gasteiger partial charge in [-0.05, 0) is 58.3 Å². The van der Waals surface area contributed by atoms with E-state index in [-0.39, 0.29) is 19.3 Å². The number of aliphatic hydroxyl groups is 2. The summed E-state index contributed by atoms with van der Waals surface area (Å²) in [6.45, 7) is 3.65. The van der Waals surface area contributed by atoms with Crippen molar-refractivity contribution in [1.29, 1.82) is 0 Å². The number of nitrogens with one attached hydrogen (secondary N) is 1. The smallest absolute Gasteiger partial charge is 0.0585 e. The van der Waals surface area contributed by atoms with Gasteiger partial charge < -0.3 is 20.4 Å². The Labute approximate surface area is 98.6 Å². The normalized spacial score (nSPS) is 21.2. The first-order valence-electron chi connectivity index (χ1n) is 6.40. The van der Waals surface area contributed by atoms with E-state index in [1.54, 1.807) is 0 Å². The summed E-state index contributed by atoms with van der Waals surface area (Å²) in [5, 5.41) is 21.1. The zero-order chi connectivity index (χ0) is 11.8. The molecule has 0 aromatic carbocycles. The van der Waals surface area contributed by atoms with Crippen LogP contribution in [0.15, 0.2) is 0 Å². The molecule has 0 spiro atoms. The van der Waals surface area contributed by atoms with Gasteiger partial charge in [-0.25, -0.2) is 0 Å². The molecular formula is C12H26N2O2. The van der Waals surface area contributed by atoms with Crippen LogP contribution in [0.4, 0.5) is 0 Å². The van der Waals surface area contributed by atoms with Crippen LogP contribution in [0, 0.1) is 5.92 Å². The minimum atomic E-state index is 0.0660. The highest BCUT2D eigenvalue weighted by molar-refractivity contribution is 4.72. The second-order valence-corrected chi connectivity index (χ2v) is 4.88. The number of aliphatic hydroxyl groups excluding tert-OH is 2. The van der Waals surface area contributed by atoms with Crippen molar-refractivity contribution in [2.24, 2.45) is 5.92 Å². The van der Waals surface area contributed by atoms with Crippen molar-refractivity contribution in [1.82, 2.24) is 10.2 Å². The zero-order valence-corrected chi connectivity index (χ0v) is 10.4. The molecule has 1 unspecified atom stereocenters. The summed E-state index contributed by atoms with van der Waals surface area (Å²) in [5.74, 6) is 0.831. The molecule has 3 N–H and O–H groups in total. The maximum Gasteiger partial charge on any atom is 0.0585 e. The van der Waals surface area contributed by atoms with Crippen molar-refractivity contribution in [2.45, 2.75) is 31.7 Å². The maximum absolute atomic E-state index is 9.05. The predicted octanol–water partition coefficient (Wildman–Crippen LogP) is 0.0512. The molecule has 0 radical (unpaired) electrons. The van der Waals surface area contributed by atoms with E-state index in [4.69, 9.17) is 10.2 Å². The number of likely N-dealkylation sites (tertiary alicyclic amines) is 1. The van der Waals surface area contributed by atoms with Gasteiger partial charge in [0.1, 0.15) is 0 Å². The zero-order valence-electron chi connectivity index (χ0n) is 10.4. The Morgan fingerprint density at radius 2 is 2.00 bits per heavy atom. The predicted molar refractivity (Wildman–Crippen MR) is 65.4 cm³/mol. The number of nitrogens with zero attached hydrogens (tertiary/aromatic N) is 1. The van der Waals surface area contributed by atoms with E-state index in [1.165, 1.54) is 32.4 Å². The Kier molecular flexibility index (Phi) is 6.96. The molecule has 0 bridgehead atoms. The van der Waals surface area contributed by atoms with Crippen molar-refractivity contribution < 1.29 is 10.2 Å². The van der Waals surface area contributed by atoms with E-state index in [2.05, 4.69) is 17.3 Å². The van der Waals surface area contributed by atoms with Crippen LogP contribution in [0.25, 0.3) is 0 Å². The molecule has 16 heavy (non-hydrogen) atoms. The van der Waals surface area contributed by atoms with E-state index in [9.17, 15) is 0 Å². The molecule has 1 aliphatic rings. The highest BCUT2D eigenvalue weighted by Crippen LogP contribution is 2.18. The van der Waals surface area contributed by atoms with E-state index in [0.717, 1.165) is 12.5 Å². The van der Waals surface area contributed by atoms with Crippen molar-refractivity contribution in [2.75, 3.05) is 39.9 Å². The van der Waals surface area contributed by atoms with Crippen LogP contribution in [-0.4, -0.2) is 61.1 Å². The summed E-state index contributed by atoms with van der Waals surface area (Å²) in [5.41, 5.74) is 0. The summed E-state index contributed by atoms with van der Waals surface area (Å²) in [6.07, 6.45) is 4.42. The van der Waals surface area contributed by atoms with Crippen molar-refractivity contribution >= 4 is 0 Å². The van der Waals surface area contributed by atoms with Crippen LogP contribution in [-0.2, 0) is 0 Å². The molecule has 4 heteroatoms. The minimum Gasteiger partial charge on any atom is -0.396 e. The van der Waals surface area contributed by atoms with Gasteiger partial charge >= 0.3 is 0 Å². The van der Waals surface area contributed by atoms with Gasteiger partial charge in [-0.3, -0.25) is 0 Å². The van der Waals surface area contributed by atoms with Gasteiger partial charge in [0, 0.05) is 12.6 Å². The Morgan fingerprint density at radius 3 is 2.56 bits per heavy atom. The average molecular weight is 230 g/mol. The van der Waals surface area contributed by atoms with E-state index >= 15 is 0 Å². The van der Waals surface area contributed by atoms with Crippen LogP contribution in [0.3, 0.4) is 0 Å². The lowest BCUT2D eigenvalue weighted by Crippen LogP contribution is -2.36. The first kappa shape index (κ1) is 13.9. The lowest BCUT2D eigenvalue weighted by atomic mass is 9.94. The molecule has 0 aliphatic carbocycles. The van der Waals surface area contributed by atoms with Gasteiger partial charge in [-0.15, -0.1) is 0 Å². The molecule has 1 aliphatic heterocycles. The third kappa shape index (κ3) is 5.25. The van der Waals surface area contributed by atoms with Crippen LogP contribution in [0.5, 0.6) is 0 Å². The molecule has 0 aromatic heterocycles. The summed E-state index contributed by atoms with van der Waals surface area (Å²) >= 11 is 0. The first-order valence-corrected chi connectivity index (χ1v) is 6.40. The third-order valence-corrected chi connectivity index (χ3v) is 3.52. The largest absolute Gasteiger partial charge is 0.396 e. The second kappa shape index (κ2) is 8.01. The minimum absolute atomic E-state index is 0.0660. The van der Waals surface area contributed by atoms with Gasteiger partial charge in [0.2, 0.25) is 0 Å². The molecule has 1 rings (SSSR count). The summed E-state index contributed by atoms with van der Waals surface area (Å²) in [7, 11) is 2.18.